The standard InChI is InChI=1S/C15H16ClFN2/c16-14(11-6-4-5-7-11)13-10-18-19(15(13)17)12-8-2-1-3-9-12/h1-3,8-11,14H,4-7H2. The van der Waals surface area contributed by atoms with Crippen LogP contribution in [-0.4, -0.2) is 9.78 Å². The van der Waals surface area contributed by atoms with E-state index in [2.05, 4.69) is 5.10 Å². The molecule has 0 aliphatic heterocycles. The van der Waals surface area contributed by atoms with E-state index in [1.54, 1.807) is 6.20 Å². The van der Waals surface area contributed by atoms with Crippen LogP contribution in [0.15, 0.2) is 36.5 Å². The lowest BCUT2D eigenvalue weighted by molar-refractivity contribution is 0.484. The Kier molecular flexibility index (Phi) is 3.56. The summed E-state index contributed by atoms with van der Waals surface area (Å²) in [6.45, 7) is 0. The van der Waals surface area contributed by atoms with Gasteiger partial charge in [-0.05, 0) is 30.9 Å². The zero-order valence-electron chi connectivity index (χ0n) is 10.6. The number of benzene rings is 1. The van der Waals surface area contributed by atoms with Crippen LogP contribution in [0.1, 0.15) is 36.6 Å². The van der Waals surface area contributed by atoms with E-state index in [-0.39, 0.29) is 11.3 Å². The molecule has 1 aliphatic rings. The molecule has 0 spiro atoms. The number of rotatable bonds is 3. The van der Waals surface area contributed by atoms with Crippen LogP contribution >= 0.6 is 11.6 Å². The van der Waals surface area contributed by atoms with Crippen molar-refractivity contribution in [3.63, 3.8) is 0 Å². The van der Waals surface area contributed by atoms with Gasteiger partial charge in [0.25, 0.3) is 0 Å². The van der Waals surface area contributed by atoms with Gasteiger partial charge in [-0.15, -0.1) is 11.6 Å². The molecule has 3 rings (SSSR count). The summed E-state index contributed by atoms with van der Waals surface area (Å²) in [7, 11) is 0. The molecule has 100 valence electrons. The minimum Gasteiger partial charge on any atom is -0.206 e. The molecule has 1 saturated carbocycles. The SMILES string of the molecule is Fc1c(C(Cl)C2CCCC2)cnn1-c1ccccc1. The highest BCUT2D eigenvalue weighted by atomic mass is 35.5. The van der Waals surface area contributed by atoms with Crippen LogP contribution < -0.4 is 0 Å². The fourth-order valence-corrected chi connectivity index (χ4v) is 3.18. The van der Waals surface area contributed by atoms with E-state index < -0.39 is 0 Å². The number of aromatic nitrogens is 2. The van der Waals surface area contributed by atoms with Crippen molar-refractivity contribution in [3.05, 3.63) is 48.0 Å². The van der Waals surface area contributed by atoms with Crippen LogP contribution in [0, 0.1) is 11.9 Å². The minimum atomic E-state index is -0.335. The van der Waals surface area contributed by atoms with Crippen LogP contribution in [0.2, 0.25) is 0 Å². The molecule has 2 nitrogen and oxygen atoms in total. The van der Waals surface area contributed by atoms with Gasteiger partial charge in [0.2, 0.25) is 5.95 Å². The summed E-state index contributed by atoms with van der Waals surface area (Å²) < 4.78 is 15.8. The fourth-order valence-electron chi connectivity index (χ4n) is 2.78. The maximum Gasteiger partial charge on any atom is 0.220 e. The van der Waals surface area contributed by atoms with Gasteiger partial charge in [-0.1, -0.05) is 31.0 Å². The van der Waals surface area contributed by atoms with Crippen LogP contribution in [0.5, 0.6) is 0 Å². The van der Waals surface area contributed by atoms with Crippen LogP contribution in [0.4, 0.5) is 4.39 Å². The first-order valence-corrected chi connectivity index (χ1v) is 7.14. The number of alkyl halides is 1. The first kappa shape index (κ1) is 12.7. The fraction of sp³-hybridized carbons (Fsp3) is 0.400. The summed E-state index contributed by atoms with van der Waals surface area (Å²) in [6.07, 6.45) is 6.14. The predicted octanol–water partition coefficient (Wildman–Crippen LogP) is 4.48. The van der Waals surface area contributed by atoms with E-state index in [9.17, 15) is 4.39 Å². The maximum atomic E-state index is 14.4. The van der Waals surface area contributed by atoms with E-state index in [1.165, 1.54) is 17.5 Å². The summed E-state index contributed by atoms with van der Waals surface area (Å²) in [5, 5.41) is 3.87. The molecule has 1 heterocycles. The number of hydrogen-bond acceptors (Lipinski definition) is 1. The zero-order chi connectivity index (χ0) is 13.2. The third kappa shape index (κ3) is 2.39. The Morgan fingerprint density at radius 2 is 1.89 bits per heavy atom. The highest BCUT2D eigenvalue weighted by Gasteiger charge is 2.28. The second-order valence-corrected chi connectivity index (χ2v) is 5.55. The highest BCUT2D eigenvalue weighted by molar-refractivity contribution is 6.21. The smallest absolute Gasteiger partial charge is 0.206 e. The number of halogens is 2. The molecule has 0 radical (unpaired) electrons. The molecule has 19 heavy (non-hydrogen) atoms. The molecule has 1 aromatic carbocycles. The molecule has 1 atom stereocenters. The van der Waals surface area contributed by atoms with Crippen molar-refractivity contribution in [1.82, 2.24) is 9.78 Å². The van der Waals surface area contributed by atoms with Crippen molar-refractivity contribution < 1.29 is 4.39 Å². The second kappa shape index (κ2) is 5.33. The molecule has 1 fully saturated rings. The first-order chi connectivity index (χ1) is 9.27. The van der Waals surface area contributed by atoms with Crippen LogP contribution in [0.3, 0.4) is 0 Å². The Morgan fingerprint density at radius 3 is 2.58 bits per heavy atom. The monoisotopic (exact) mass is 278 g/mol. The molecule has 1 unspecified atom stereocenters. The number of para-hydroxylation sites is 1. The lowest BCUT2D eigenvalue weighted by atomic mass is 9.99. The average molecular weight is 279 g/mol. The topological polar surface area (TPSA) is 17.8 Å². The molecule has 1 aromatic heterocycles. The number of nitrogens with zero attached hydrogens (tertiary/aromatic N) is 2. The maximum absolute atomic E-state index is 14.4. The molecule has 2 aromatic rings. The van der Waals surface area contributed by atoms with Crippen molar-refractivity contribution in [3.8, 4) is 5.69 Å². The summed E-state index contributed by atoms with van der Waals surface area (Å²) in [5.41, 5.74) is 1.25. The second-order valence-electron chi connectivity index (χ2n) is 5.08. The largest absolute Gasteiger partial charge is 0.220 e. The van der Waals surface area contributed by atoms with Gasteiger partial charge in [0, 0.05) is 5.56 Å². The quantitative estimate of drug-likeness (QED) is 0.757. The minimum absolute atomic E-state index is 0.264. The van der Waals surface area contributed by atoms with Gasteiger partial charge in [0.15, 0.2) is 0 Å². The van der Waals surface area contributed by atoms with Gasteiger partial charge in [0.05, 0.1) is 17.3 Å². The molecular formula is C15H16ClFN2. The molecule has 0 bridgehead atoms. The van der Waals surface area contributed by atoms with Crippen molar-refractivity contribution in [2.24, 2.45) is 5.92 Å². The summed E-state index contributed by atoms with van der Waals surface area (Å²) >= 11 is 6.43. The van der Waals surface area contributed by atoms with Crippen molar-refractivity contribution in [2.75, 3.05) is 0 Å². The predicted molar refractivity (Wildman–Crippen MR) is 74.1 cm³/mol. The van der Waals surface area contributed by atoms with E-state index in [1.807, 2.05) is 30.3 Å². The third-order valence-electron chi connectivity index (χ3n) is 3.85. The average Bonchev–Trinajstić information content (AvgIpc) is 3.08. The molecular weight excluding hydrogens is 263 g/mol. The van der Waals surface area contributed by atoms with Gasteiger partial charge in [-0.3, -0.25) is 0 Å². The van der Waals surface area contributed by atoms with Gasteiger partial charge in [-0.25, -0.2) is 4.68 Å². The van der Waals surface area contributed by atoms with E-state index in [0.717, 1.165) is 18.5 Å². The zero-order valence-corrected chi connectivity index (χ0v) is 11.4. The molecule has 1 aliphatic carbocycles. The van der Waals surface area contributed by atoms with E-state index in [0.29, 0.717) is 11.5 Å². The lowest BCUT2D eigenvalue weighted by Crippen LogP contribution is -2.06. The molecule has 4 heteroatoms. The first-order valence-electron chi connectivity index (χ1n) is 6.70. The highest BCUT2D eigenvalue weighted by Crippen LogP contribution is 2.40. The van der Waals surface area contributed by atoms with Gasteiger partial charge in [0.1, 0.15) is 0 Å². The third-order valence-corrected chi connectivity index (χ3v) is 4.44. The van der Waals surface area contributed by atoms with E-state index in [4.69, 9.17) is 11.6 Å². The summed E-state index contributed by atoms with van der Waals surface area (Å²) in [6, 6.07) is 9.29. The summed E-state index contributed by atoms with van der Waals surface area (Å²) in [5.74, 6) is 0.0442. The molecule has 0 saturated heterocycles. The molecule has 0 amide bonds. The Bertz CT molecular complexity index is 547. The van der Waals surface area contributed by atoms with Crippen molar-refractivity contribution in [2.45, 2.75) is 31.1 Å². The van der Waals surface area contributed by atoms with E-state index >= 15 is 0 Å². The van der Waals surface area contributed by atoms with Crippen LogP contribution in [-0.2, 0) is 0 Å². The lowest BCUT2D eigenvalue weighted by Gasteiger charge is -2.15. The van der Waals surface area contributed by atoms with Crippen molar-refractivity contribution in [1.29, 1.82) is 0 Å². The van der Waals surface area contributed by atoms with Gasteiger partial charge >= 0.3 is 0 Å². The van der Waals surface area contributed by atoms with Crippen LogP contribution in [0.25, 0.3) is 5.69 Å². The van der Waals surface area contributed by atoms with Crippen molar-refractivity contribution >= 4 is 11.6 Å². The van der Waals surface area contributed by atoms with Gasteiger partial charge in [-0.2, -0.15) is 9.49 Å². The number of hydrogen-bond donors (Lipinski definition) is 0. The Morgan fingerprint density at radius 1 is 1.21 bits per heavy atom. The Labute approximate surface area is 117 Å². The molecule has 0 N–H and O–H groups in total. The Hall–Kier alpha value is -1.35. The Balaban J connectivity index is 1.90. The summed E-state index contributed by atoms with van der Waals surface area (Å²) in [4.78, 5) is 0. The van der Waals surface area contributed by atoms with Gasteiger partial charge < -0.3 is 0 Å². The normalized spacial score (nSPS) is 17.8.